The molecule has 4 rings (SSSR count). The number of aliphatic hydroxyl groups excluding tert-OH is 2. The molecule has 1 aromatic heterocycles. The number of hydrogen-bond acceptors (Lipinski definition) is 5. The van der Waals surface area contributed by atoms with E-state index in [9.17, 15) is 10.2 Å². The van der Waals surface area contributed by atoms with E-state index in [2.05, 4.69) is 27.8 Å². The molecule has 0 amide bonds. The molecule has 2 N–H and O–H groups in total. The Morgan fingerprint density at radius 2 is 1.93 bits per heavy atom. The van der Waals surface area contributed by atoms with Crippen LogP contribution in [-0.2, 0) is 4.74 Å². The lowest BCUT2D eigenvalue weighted by molar-refractivity contribution is -0.238. The number of fused-ring (bicyclic) bond motifs is 3. The molecule has 2 aromatic rings. The van der Waals surface area contributed by atoms with E-state index in [1.165, 1.54) is 11.1 Å². The number of rotatable bonds is 3. The van der Waals surface area contributed by atoms with Crippen LogP contribution in [0.25, 0.3) is 11.3 Å². The molecule has 2 aliphatic heterocycles. The molecule has 6 nitrogen and oxygen atoms in total. The molecule has 2 aliphatic rings. The minimum Gasteiger partial charge on any atom is -0.393 e. The fraction of sp³-hybridized carbons (Fsp3) is 0.571. The van der Waals surface area contributed by atoms with Gasteiger partial charge in [0, 0.05) is 24.6 Å². The second-order valence-electron chi connectivity index (χ2n) is 8.62. The van der Waals surface area contributed by atoms with Gasteiger partial charge in [0.2, 0.25) is 6.41 Å². The van der Waals surface area contributed by atoms with Gasteiger partial charge in [-0.05, 0) is 39.2 Å². The molecule has 1 aromatic carbocycles. The number of nitrogens with zero attached hydrogens (tertiary/aromatic N) is 3. The van der Waals surface area contributed by atoms with Gasteiger partial charge in [-0.15, -0.1) is 0 Å². The molecule has 146 valence electrons. The summed E-state index contributed by atoms with van der Waals surface area (Å²) in [6.45, 7) is 7.09. The second kappa shape index (κ2) is 7.02. The highest BCUT2D eigenvalue weighted by Crippen LogP contribution is 2.45. The van der Waals surface area contributed by atoms with E-state index in [-0.39, 0.29) is 12.0 Å². The molecule has 4 unspecified atom stereocenters. The van der Waals surface area contributed by atoms with Crippen LogP contribution in [0, 0.1) is 5.92 Å². The molecular formula is C21H29N3O3. The average Bonchev–Trinajstić information content (AvgIpc) is 3.12. The second-order valence-corrected chi connectivity index (χ2v) is 8.62. The van der Waals surface area contributed by atoms with Gasteiger partial charge in [0.15, 0.2) is 0 Å². The van der Waals surface area contributed by atoms with Gasteiger partial charge >= 0.3 is 0 Å². The van der Waals surface area contributed by atoms with E-state index < -0.39 is 18.1 Å². The van der Waals surface area contributed by atoms with Crippen molar-refractivity contribution in [1.29, 1.82) is 0 Å². The van der Waals surface area contributed by atoms with Crippen LogP contribution in [0.2, 0.25) is 0 Å². The third kappa shape index (κ3) is 3.55. The van der Waals surface area contributed by atoms with Gasteiger partial charge in [-0.1, -0.05) is 24.3 Å². The highest BCUT2D eigenvalue weighted by molar-refractivity contribution is 5.69. The molecule has 4 atom stereocenters. The lowest BCUT2D eigenvalue weighted by Gasteiger charge is -2.32. The Bertz CT molecular complexity index is 798. The number of hydrogen-bond donors (Lipinski definition) is 2. The quantitative estimate of drug-likeness (QED) is 0.812. The number of aliphatic hydroxyl groups is 2. The smallest absolute Gasteiger partial charge is 0.216 e. The zero-order valence-corrected chi connectivity index (χ0v) is 16.2. The van der Waals surface area contributed by atoms with Crippen molar-refractivity contribution in [1.82, 2.24) is 14.5 Å². The zero-order chi connectivity index (χ0) is 19.2. The Kier molecular flexibility index (Phi) is 4.84. The minimum atomic E-state index is -0.948. The van der Waals surface area contributed by atoms with Crippen molar-refractivity contribution in [3.63, 3.8) is 0 Å². The summed E-state index contributed by atoms with van der Waals surface area (Å²) in [7, 11) is 0. The SMILES string of the molecule is CC(C)(C)OC(O)N1CCC(O)C(C2c3ccccc3-c3cncn32)CC1. The van der Waals surface area contributed by atoms with Crippen LogP contribution in [0.5, 0.6) is 0 Å². The topological polar surface area (TPSA) is 70.8 Å². The fourth-order valence-corrected chi connectivity index (χ4v) is 4.42. The first-order valence-corrected chi connectivity index (χ1v) is 9.74. The lowest BCUT2D eigenvalue weighted by Crippen LogP contribution is -2.42. The van der Waals surface area contributed by atoms with Crippen LogP contribution in [-0.4, -0.2) is 55.9 Å². The number of imidazole rings is 1. The normalized spacial score (nSPS) is 27.1. The summed E-state index contributed by atoms with van der Waals surface area (Å²) in [5.74, 6) is 0.0634. The van der Waals surface area contributed by atoms with Crippen molar-refractivity contribution in [3.8, 4) is 11.3 Å². The minimum absolute atomic E-state index is 0.0634. The van der Waals surface area contributed by atoms with Crippen LogP contribution in [0.3, 0.4) is 0 Å². The maximum Gasteiger partial charge on any atom is 0.216 e. The Hall–Kier alpha value is -1.73. The predicted molar refractivity (Wildman–Crippen MR) is 103 cm³/mol. The molecule has 0 radical (unpaired) electrons. The van der Waals surface area contributed by atoms with Crippen LogP contribution < -0.4 is 0 Å². The van der Waals surface area contributed by atoms with Crippen molar-refractivity contribution in [3.05, 3.63) is 42.4 Å². The Balaban J connectivity index is 1.57. The summed E-state index contributed by atoms with van der Waals surface area (Å²) >= 11 is 0. The molecule has 0 aliphatic carbocycles. The molecule has 0 spiro atoms. The molecular weight excluding hydrogens is 342 g/mol. The summed E-state index contributed by atoms with van der Waals surface area (Å²) in [6.07, 6.45) is 3.77. The number of ether oxygens (including phenoxy) is 1. The van der Waals surface area contributed by atoms with E-state index in [0.29, 0.717) is 19.5 Å². The van der Waals surface area contributed by atoms with Crippen LogP contribution >= 0.6 is 0 Å². The van der Waals surface area contributed by atoms with E-state index in [1.54, 1.807) is 0 Å². The number of aromatic nitrogens is 2. The van der Waals surface area contributed by atoms with Crippen LogP contribution in [0.1, 0.15) is 45.2 Å². The summed E-state index contributed by atoms with van der Waals surface area (Å²) in [4.78, 5) is 6.25. The molecule has 0 bridgehead atoms. The summed E-state index contributed by atoms with van der Waals surface area (Å²) < 4.78 is 7.90. The molecule has 3 heterocycles. The van der Waals surface area contributed by atoms with Crippen molar-refractivity contribution in [2.24, 2.45) is 5.92 Å². The van der Waals surface area contributed by atoms with E-state index in [0.717, 1.165) is 12.1 Å². The van der Waals surface area contributed by atoms with Gasteiger partial charge in [0.1, 0.15) is 0 Å². The lowest BCUT2D eigenvalue weighted by atomic mass is 9.85. The van der Waals surface area contributed by atoms with Gasteiger partial charge in [-0.2, -0.15) is 0 Å². The first-order valence-electron chi connectivity index (χ1n) is 9.74. The first-order chi connectivity index (χ1) is 12.8. The molecule has 0 saturated carbocycles. The van der Waals surface area contributed by atoms with Crippen molar-refractivity contribution < 1.29 is 14.9 Å². The maximum atomic E-state index is 10.9. The highest BCUT2D eigenvalue weighted by atomic mass is 16.6. The Labute approximate surface area is 160 Å². The molecule has 6 heteroatoms. The summed E-state index contributed by atoms with van der Waals surface area (Å²) in [5.41, 5.74) is 3.14. The van der Waals surface area contributed by atoms with Gasteiger partial charge in [-0.25, -0.2) is 4.98 Å². The fourth-order valence-electron chi connectivity index (χ4n) is 4.42. The van der Waals surface area contributed by atoms with E-state index >= 15 is 0 Å². The third-order valence-corrected chi connectivity index (χ3v) is 5.65. The third-order valence-electron chi connectivity index (χ3n) is 5.65. The standard InChI is InChI=1S/C21H29N3O3/c1-21(2,3)27-20(26)23-10-8-16(18(25)9-11-23)19-15-7-5-4-6-14(15)17-12-22-13-24(17)19/h4-7,12-13,16,18-20,25-26H,8-11H2,1-3H3. The molecule has 1 fully saturated rings. The zero-order valence-electron chi connectivity index (χ0n) is 16.2. The monoisotopic (exact) mass is 371 g/mol. The number of benzene rings is 1. The van der Waals surface area contributed by atoms with E-state index in [1.807, 2.05) is 44.3 Å². The highest BCUT2D eigenvalue weighted by Gasteiger charge is 2.39. The van der Waals surface area contributed by atoms with Crippen molar-refractivity contribution in [2.75, 3.05) is 13.1 Å². The largest absolute Gasteiger partial charge is 0.393 e. The average molecular weight is 371 g/mol. The molecule has 1 saturated heterocycles. The summed E-state index contributed by atoms with van der Waals surface area (Å²) in [6, 6.07) is 8.46. The van der Waals surface area contributed by atoms with Crippen LogP contribution in [0.15, 0.2) is 36.8 Å². The Morgan fingerprint density at radius 3 is 2.70 bits per heavy atom. The van der Waals surface area contributed by atoms with Crippen molar-refractivity contribution >= 4 is 0 Å². The number of likely N-dealkylation sites (tertiary alicyclic amines) is 1. The molecule has 27 heavy (non-hydrogen) atoms. The maximum absolute atomic E-state index is 10.9. The predicted octanol–water partition coefficient (Wildman–Crippen LogP) is 2.62. The Morgan fingerprint density at radius 1 is 1.19 bits per heavy atom. The van der Waals surface area contributed by atoms with Gasteiger partial charge < -0.3 is 19.5 Å². The van der Waals surface area contributed by atoms with Gasteiger partial charge in [0.25, 0.3) is 0 Å². The van der Waals surface area contributed by atoms with Gasteiger partial charge in [-0.3, -0.25) is 4.90 Å². The van der Waals surface area contributed by atoms with Crippen molar-refractivity contribution in [2.45, 2.75) is 57.8 Å². The van der Waals surface area contributed by atoms with Gasteiger partial charge in [0.05, 0.1) is 36.0 Å². The van der Waals surface area contributed by atoms with Crippen LogP contribution in [0.4, 0.5) is 0 Å². The first kappa shape index (κ1) is 18.6. The van der Waals surface area contributed by atoms with E-state index in [4.69, 9.17) is 4.74 Å². The summed E-state index contributed by atoms with van der Waals surface area (Å²) in [5, 5.41) is 21.4.